The van der Waals surface area contributed by atoms with Gasteiger partial charge in [0.2, 0.25) is 0 Å². The van der Waals surface area contributed by atoms with E-state index in [4.69, 9.17) is 16.3 Å². The van der Waals surface area contributed by atoms with E-state index in [-0.39, 0.29) is 6.04 Å². The van der Waals surface area contributed by atoms with Crippen molar-refractivity contribution in [3.05, 3.63) is 28.2 Å². The first-order chi connectivity index (χ1) is 8.88. The van der Waals surface area contributed by atoms with Gasteiger partial charge in [-0.1, -0.05) is 0 Å². The van der Waals surface area contributed by atoms with Gasteiger partial charge in [0.05, 0.1) is 18.2 Å². The number of hydrogen-bond acceptors (Lipinski definition) is 2. The van der Waals surface area contributed by atoms with Crippen LogP contribution in [0.15, 0.2) is 22.7 Å². The van der Waals surface area contributed by atoms with Gasteiger partial charge in [0.15, 0.2) is 0 Å². The Morgan fingerprint density at radius 2 is 2.11 bits per heavy atom. The van der Waals surface area contributed by atoms with Gasteiger partial charge in [0.1, 0.15) is 0 Å². The van der Waals surface area contributed by atoms with Gasteiger partial charge >= 0.3 is 6.18 Å². The molecule has 0 bridgehead atoms. The van der Waals surface area contributed by atoms with Crippen LogP contribution in [0.5, 0.6) is 0 Å². The monoisotopic (exact) mass is 359 g/mol. The van der Waals surface area contributed by atoms with Gasteiger partial charge in [0, 0.05) is 23.1 Å². The summed E-state index contributed by atoms with van der Waals surface area (Å²) in [7, 11) is 1.56. The molecule has 0 aromatic heterocycles. The molecule has 0 fully saturated rings. The fourth-order valence-electron chi connectivity index (χ4n) is 1.56. The molecule has 0 radical (unpaired) electrons. The summed E-state index contributed by atoms with van der Waals surface area (Å²) in [5, 5.41) is 3.10. The van der Waals surface area contributed by atoms with Gasteiger partial charge in [-0.2, -0.15) is 13.2 Å². The Hall–Kier alpha value is -0.460. The number of ether oxygens (including phenoxy) is 1. The largest absolute Gasteiger partial charge is 0.416 e. The maximum atomic E-state index is 12.5. The molecule has 108 valence electrons. The van der Waals surface area contributed by atoms with Crippen molar-refractivity contribution in [3.8, 4) is 0 Å². The zero-order valence-electron chi connectivity index (χ0n) is 10.2. The predicted molar refractivity (Wildman–Crippen MR) is 73.8 cm³/mol. The van der Waals surface area contributed by atoms with E-state index in [1.165, 1.54) is 6.07 Å². The third-order valence-corrected chi connectivity index (χ3v) is 3.36. The summed E-state index contributed by atoms with van der Waals surface area (Å²) in [5.74, 6) is 0.444. The third kappa shape index (κ3) is 5.20. The molecular formula is C12H14BrClF3NO. The van der Waals surface area contributed by atoms with Crippen molar-refractivity contribution in [1.29, 1.82) is 0 Å². The molecule has 0 aliphatic rings. The van der Waals surface area contributed by atoms with E-state index in [0.717, 1.165) is 12.1 Å². The molecule has 0 aliphatic carbocycles. The molecular weight excluding hydrogens is 346 g/mol. The number of benzene rings is 1. The molecule has 1 atom stereocenters. The van der Waals surface area contributed by atoms with Gasteiger partial charge in [0.25, 0.3) is 0 Å². The maximum absolute atomic E-state index is 12.5. The summed E-state index contributed by atoms with van der Waals surface area (Å²) in [4.78, 5) is 0. The van der Waals surface area contributed by atoms with Crippen LogP contribution in [0.2, 0.25) is 0 Å². The van der Waals surface area contributed by atoms with Gasteiger partial charge in [-0.05, 0) is 40.5 Å². The highest BCUT2D eigenvalue weighted by Crippen LogP contribution is 2.34. The number of nitrogens with one attached hydrogen (secondary N) is 1. The van der Waals surface area contributed by atoms with Crippen LogP contribution in [-0.2, 0) is 10.9 Å². The van der Waals surface area contributed by atoms with E-state index in [1.807, 2.05) is 0 Å². The molecule has 19 heavy (non-hydrogen) atoms. The van der Waals surface area contributed by atoms with E-state index in [0.29, 0.717) is 29.1 Å². The molecule has 7 heteroatoms. The van der Waals surface area contributed by atoms with Crippen molar-refractivity contribution < 1.29 is 17.9 Å². The lowest BCUT2D eigenvalue weighted by Gasteiger charge is -2.19. The Balaban J connectivity index is 2.84. The SMILES string of the molecule is COCC(CCCl)Nc1ccc(C(F)(F)F)cc1Br. The molecule has 1 aromatic rings. The molecule has 0 saturated heterocycles. The summed E-state index contributed by atoms with van der Waals surface area (Å²) in [6.07, 6.45) is -3.69. The molecule has 1 aromatic carbocycles. The number of rotatable bonds is 6. The second-order valence-corrected chi connectivity index (χ2v) is 5.20. The number of anilines is 1. The molecule has 0 spiro atoms. The summed E-state index contributed by atoms with van der Waals surface area (Å²) < 4.78 is 43.0. The van der Waals surface area contributed by atoms with Gasteiger partial charge < -0.3 is 10.1 Å². The fourth-order valence-corrected chi connectivity index (χ4v) is 2.32. The van der Waals surface area contributed by atoms with Crippen LogP contribution in [0.25, 0.3) is 0 Å². The molecule has 0 aliphatic heterocycles. The third-order valence-electron chi connectivity index (χ3n) is 2.48. The number of hydrogen-bond donors (Lipinski definition) is 1. The predicted octanol–water partition coefficient (Wildman–Crippen LogP) is 4.52. The van der Waals surface area contributed by atoms with Crippen molar-refractivity contribution in [1.82, 2.24) is 0 Å². The van der Waals surface area contributed by atoms with Crippen molar-refractivity contribution >= 4 is 33.2 Å². The smallest absolute Gasteiger partial charge is 0.383 e. The first kappa shape index (κ1) is 16.6. The zero-order valence-corrected chi connectivity index (χ0v) is 12.6. The first-order valence-electron chi connectivity index (χ1n) is 5.56. The molecule has 1 rings (SSSR count). The molecule has 0 amide bonds. The van der Waals surface area contributed by atoms with Crippen molar-refractivity contribution in [3.63, 3.8) is 0 Å². The summed E-state index contributed by atoms with van der Waals surface area (Å²) >= 11 is 8.80. The highest BCUT2D eigenvalue weighted by molar-refractivity contribution is 9.10. The second-order valence-electron chi connectivity index (χ2n) is 3.97. The number of halogens is 5. The van der Waals surface area contributed by atoms with E-state index < -0.39 is 11.7 Å². The topological polar surface area (TPSA) is 21.3 Å². The minimum absolute atomic E-state index is 0.0458. The van der Waals surface area contributed by atoms with Crippen LogP contribution >= 0.6 is 27.5 Å². The standard InChI is InChI=1S/C12H14BrClF3NO/c1-19-7-9(4-5-14)18-11-3-2-8(6-10(11)13)12(15,16)17/h2-3,6,9,18H,4-5,7H2,1H3. The lowest BCUT2D eigenvalue weighted by molar-refractivity contribution is -0.137. The highest BCUT2D eigenvalue weighted by atomic mass is 79.9. The maximum Gasteiger partial charge on any atom is 0.416 e. The Bertz CT molecular complexity index is 408. The van der Waals surface area contributed by atoms with Crippen molar-refractivity contribution in [2.45, 2.75) is 18.6 Å². The minimum Gasteiger partial charge on any atom is -0.383 e. The first-order valence-corrected chi connectivity index (χ1v) is 6.89. The summed E-state index contributed by atoms with van der Waals surface area (Å²) in [6.45, 7) is 0.431. The summed E-state index contributed by atoms with van der Waals surface area (Å²) in [6, 6.07) is 3.43. The molecule has 0 heterocycles. The normalized spacial score (nSPS) is 13.4. The van der Waals surface area contributed by atoms with E-state index in [2.05, 4.69) is 21.2 Å². The zero-order chi connectivity index (χ0) is 14.5. The average molecular weight is 361 g/mol. The lowest BCUT2D eigenvalue weighted by atomic mass is 10.1. The van der Waals surface area contributed by atoms with E-state index in [1.54, 1.807) is 7.11 Å². The Kier molecular flexibility index (Phi) is 6.42. The van der Waals surface area contributed by atoms with Crippen LogP contribution in [0.4, 0.5) is 18.9 Å². The fraction of sp³-hybridized carbons (Fsp3) is 0.500. The summed E-state index contributed by atoms with van der Waals surface area (Å²) in [5.41, 5.74) is -0.106. The van der Waals surface area contributed by atoms with E-state index in [9.17, 15) is 13.2 Å². The van der Waals surface area contributed by atoms with E-state index >= 15 is 0 Å². The Morgan fingerprint density at radius 3 is 2.58 bits per heavy atom. The quantitative estimate of drug-likeness (QED) is 0.753. The number of alkyl halides is 4. The Morgan fingerprint density at radius 1 is 1.42 bits per heavy atom. The van der Waals surface area contributed by atoms with Gasteiger partial charge in [-0.25, -0.2) is 0 Å². The lowest BCUT2D eigenvalue weighted by Crippen LogP contribution is -2.25. The highest BCUT2D eigenvalue weighted by Gasteiger charge is 2.30. The van der Waals surface area contributed by atoms with Crippen LogP contribution in [0.1, 0.15) is 12.0 Å². The molecule has 2 nitrogen and oxygen atoms in total. The minimum atomic E-state index is -4.34. The van der Waals surface area contributed by atoms with Crippen LogP contribution in [0, 0.1) is 0 Å². The molecule has 1 unspecified atom stereocenters. The molecule has 1 N–H and O–H groups in total. The van der Waals surface area contributed by atoms with Crippen molar-refractivity contribution in [2.75, 3.05) is 24.9 Å². The van der Waals surface area contributed by atoms with Gasteiger partial charge in [-0.3, -0.25) is 0 Å². The van der Waals surface area contributed by atoms with Crippen LogP contribution in [0.3, 0.4) is 0 Å². The van der Waals surface area contributed by atoms with Gasteiger partial charge in [-0.15, -0.1) is 11.6 Å². The van der Waals surface area contributed by atoms with Crippen molar-refractivity contribution in [2.24, 2.45) is 0 Å². The van der Waals surface area contributed by atoms with Crippen LogP contribution < -0.4 is 5.32 Å². The molecule has 0 saturated carbocycles. The number of methoxy groups -OCH3 is 1. The average Bonchev–Trinajstić information content (AvgIpc) is 2.31. The second kappa shape index (κ2) is 7.36. The Labute approximate surface area is 123 Å². The van der Waals surface area contributed by atoms with Crippen LogP contribution in [-0.4, -0.2) is 25.6 Å².